The fraction of sp³-hybridized carbons (Fsp3) is 0.714. The molecule has 0 aromatic carbocycles. The molecule has 4 nitrogen and oxygen atoms in total. The molecule has 0 aliphatic rings. The van der Waals surface area contributed by atoms with Gasteiger partial charge in [-0.25, -0.2) is 9.59 Å². The lowest BCUT2D eigenvalue weighted by Crippen LogP contribution is -2.21. The van der Waals surface area contributed by atoms with Gasteiger partial charge in [0.1, 0.15) is 0 Å². The maximum absolute atomic E-state index is 10.5. The fourth-order valence-electron chi connectivity index (χ4n) is 0.683. The standard InChI is InChI=1S/C7H11NO3S/c1-5(12-2)3-6(7(10)11)8-4-9/h5-6H,3H2,1-2H3,(H,10,11). The first-order valence-corrected chi connectivity index (χ1v) is 4.73. The number of hydrogen-bond acceptors (Lipinski definition) is 4. The Labute approximate surface area is 75.1 Å². The van der Waals surface area contributed by atoms with Crippen LogP contribution in [0.15, 0.2) is 4.99 Å². The zero-order chi connectivity index (χ0) is 9.56. The van der Waals surface area contributed by atoms with E-state index in [1.165, 1.54) is 6.08 Å². The van der Waals surface area contributed by atoms with Gasteiger partial charge >= 0.3 is 5.97 Å². The molecule has 0 spiro atoms. The van der Waals surface area contributed by atoms with Gasteiger partial charge in [0.05, 0.1) is 0 Å². The highest BCUT2D eigenvalue weighted by atomic mass is 32.2. The van der Waals surface area contributed by atoms with E-state index in [9.17, 15) is 9.59 Å². The zero-order valence-electron chi connectivity index (χ0n) is 6.98. The van der Waals surface area contributed by atoms with Crippen molar-refractivity contribution in [3.8, 4) is 0 Å². The SMILES string of the molecule is CSC(C)CC(N=C=O)C(=O)O. The normalized spacial score (nSPS) is 14.5. The van der Waals surface area contributed by atoms with E-state index in [1.54, 1.807) is 11.8 Å². The van der Waals surface area contributed by atoms with E-state index in [0.29, 0.717) is 6.42 Å². The number of aliphatic carboxylic acids is 1. The minimum atomic E-state index is -1.07. The third-order valence-electron chi connectivity index (χ3n) is 1.45. The first kappa shape index (κ1) is 11.2. The molecule has 0 saturated carbocycles. The smallest absolute Gasteiger partial charge is 0.329 e. The molecule has 0 rings (SSSR count). The van der Waals surface area contributed by atoms with Crippen LogP contribution in [-0.4, -0.2) is 34.7 Å². The van der Waals surface area contributed by atoms with Gasteiger partial charge in [0.25, 0.3) is 0 Å². The number of rotatable bonds is 5. The quantitative estimate of drug-likeness (QED) is 0.515. The lowest BCUT2D eigenvalue weighted by Gasteiger charge is -2.09. The van der Waals surface area contributed by atoms with Crippen molar-refractivity contribution < 1.29 is 14.7 Å². The molecular weight excluding hydrogens is 178 g/mol. The number of hydrogen-bond donors (Lipinski definition) is 1. The minimum absolute atomic E-state index is 0.184. The summed E-state index contributed by atoms with van der Waals surface area (Å²) in [5, 5.41) is 8.75. The van der Waals surface area contributed by atoms with Gasteiger partial charge in [0.15, 0.2) is 6.04 Å². The summed E-state index contributed by atoms with van der Waals surface area (Å²) in [6.45, 7) is 1.89. The third kappa shape index (κ3) is 4.16. The highest BCUT2D eigenvalue weighted by molar-refractivity contribution is 7.99. The number of carboxylic acid groups (broad SMARTS) is 1. The van der Waals surface area contributed by atoms with Gasteiger partial charge in [-0.05, 0) is 12.7 Å². The second-order valence-corrected chi connectivity index (χ2v) is 3.63. The third-order valence-corrected chi connectivity index (χ3v) is 2.45. The maximum Gasteiger partial charge on any atom is 0.329 e. The topological polar surface area (TPSA) is 66.7 Å². The summed E-state index contributed by atoms with van der Waals surface area (Å²) in [5.74, 6) is -1.07. The van der Waals surface area contributed by atoms with Crippen LogP contribution < -0.4 is 0 Å². The van der Waals surface area contributed by atoms with Crippen LogP contribution in [0.1, 0.15) is 13.3 Å². The van der Waals surface area contributed by atoms with E-state index in [0.717, 1.165) is 0 Å². The molecule has 2 unspecified atom stereocenters. The molecule has 0 aliphatic heterocycles. The van der Waals surface area contributed by atoms with Crippen molar-refractivity contribution in [3.63, 3.8) is 0 Å². The first-order valence-electron chi connectivity index (χ1n) is 3.44. The van der Waals surface area contributed by atoms with Crippen molar-refractivity contribution >= 4 is 23.8 Å². The van der Waals surface area contributed by atoms with E-state index in [1.807, 2.05) is 13.2 Å². The van der Waals surface area contributed by atoms with Crippen molar-refractivity contribution in [2.75, 3.05) is 6.26 Å². The Morgan fingerprint density at radius 1 is 1.75 bits per heavy atom. The second kappa shape index (κ2) is 5.80. The first-order chi connectivity index (χ1) is 5.61. The molecule has 0 bridgehead atoms. The number of isocyanates is 1. The van der Waals surface area contributed by atoms with Crippen molar-refractivity contribution in [1.29, 1.82) is 0 Å². The molecule has 0 aromatic heterocycles. The Bertz CT molecular complexity index is 199. The molecule has 0 heterocycles. The van der Waals surface area contributed by atoms with Crippen molar-refractivity contribution in [2.24, 2.45) is 4.99 Å². The predicted molar refractivity (Wildman–Crippen MR) is 47.1 cm³/mol. The molecule has 1 N–H and O–H groups in total. The molecule has 0 aromatic rings. The molecular formula is C7H11NO3S. The van der Waals surface area contributed by atoms with Gasteiger partial charge < -0.3 is 5.11 Å². The van der Waals surface area contributed by atoms with E-state index < -0.39 is 12.0 Å². The monoisotopic (exact) mass is 189 g/mol. The van der Waals surface area contributed by atoms with Gasteiger partial charge in [0.2, 0.25) is 6.08 Å². The van der Waals surface area contributed by atoms with Gasteiger partial charge in [-0.3, -0.25) is 0 Å². The van der Waals surface area contributed by atoms with E-state index in [4.69, 9.17) is 5.11 Å². The lowest BCUT2D eigenvalue weighted by molar-refractivity contribution is -0.138. The maximum atomic E-state index is 10.5. The highest BCUT2D eigenvalue weighted by Crippen LogP contribution is 2.13. The van der Waals surface area contributed by atoms with Crippen LogP contribution in [0.25, 0.3) is 0 Å². The van der Waals surface area contributed by atoms with Crippen molar-refractivity contribution in [3.05, 3.63) is 0 Å². The molecule has 68 valence electrons. The van der Waals surface area contributed by atoms with Crippen molar-refractivity contribution in [2.45, 2.75) is 24.6 Å². The van der Waals surface area contributed by atoms with Crippen LogP contribution in [0.4, 0.5) is 0 Å². The summed E-state index contributed by atoms with van der Waals surface area (Å²) in [6.07, 6.45) is 3.51. The van der Waals surface area contributed by atoms with Crippen LogP contribution in [-0.2, 0) is 9.59 Å². The number of carbonyl (C=O) groups excluding carboxylic acids is 1. The minimum Gasteiger partial charge on any atom is -0.480 e. The Kier molecular flexibility index (Phi) is 5.41. The molecule has 5 heteroatoms. The Hall–Kier alpha value is -0.800. The Balaban J connectivity index is 4.13. The number of nitrogens with zero attached hydrogens (tertiary/aromatic N) is 1. The average Bonchev–Trinajstić information content (AvgIpc) is 2.03. The largest absolute Gasteiger partial charge is 0.480 e. The lowest BCUT2D eigenvalue weighted by atomic mass is 10.2. The number of carbonyl (C=O) groups is 1. The zero-order valence-corrected chi connectivity index (χ0v) is 7.80. The van der Waals surface area contributed by atoms with Gasteiger partial charge in [-0.1, -0.05) is 6.92 Å². The Morgan fingerprint density at radius 2 is 2.33 bits per heavy atom. The van der Waals surface area contributed by atoms with E-state index in [-0.39, 0.29) is 5.25 Å². The summed E-state index contributed by atoms with van der Waals surface area (Å²) < 4.78 is 0. The summed E-state index contributed by atoms with van der Waals surface area (Å²) >= 11 is 1.54. The summed E-state index contributed by atoms with van der Waals surface area (Å²) in [5.41, 5.74) is 0. The number of thioether (sulfide) groups is 1. The molecule has 0 fully saturated rings. The van der Waals surface area contributed by atoms with Gasteiger partial charge in [0, 0.05) is 5.25 Å². The predicted octanol–water partition coefficient (Wildman–Crippen LogP) is 0.917. The van der Waals surface area contributed by atoms with E-state index >= 15 is 0 Å². The van der Waals surface area contributed by atoms with Crippen molar-refractivity contribution in [1.82, 2.24) is 0 Å². The molecule has 0 aliphatic carbocycles. The summed E-state index contributed by atoms with van der Waals surface area (Å²) in [6, 6.07) is -0.940. The highest BCUT2D eigenvalue weighted by Gasteiger charge is 2.18. The summed E-state index contributed by atoms with van der Waals surface area (Å²) in [7, 11) is 0. The van der Waals surface area contributed by atoms with Gasteiger partial charge in [-0.2, -0.15) is 16.8 Å². The second-order valence-electron chi connectivity index (χ2n) is 2.36. The van der Waals surface area contributed by atoms with Crippen LogP contribution >= 0.6 is 11.8 Å². The molecule has 2 atom stereocenters. The Morgan fingerprint density at radius 3 is 2.67 bits per heavy atom. The number of carboxylic acids is 1. The van der Waals surface area contributed by atoms with E-state index in [2.05, 4.69) is 4.99 Å². The number of aliphatic imine (C=N–C) groups is 1. The molecule has 0 radical (unpaired) electrons. The average molecular weight is 189 g/mol. The summed E-state index contributed by atoms with van der Waals surface area (Å²) in [4.78, 5) is 23.5. The van der Waals surface area contributed by atoms with Crippen LogP contribution in [0.5, 0.6) is 0 Å². The molecule has 12 heavy (non-hydrogen) atoms. The molecule has 0 saturated heterocycles. The molecule has 0 amide bonds. The van der Waals surface area contributed by atoms with Crippen LogP contribution in [0.2, 0.25) is 0 Å². The van der Waals surface area contributed by atoms with Gasteiger partial charge in [-0.15, -0.1) is 0 Å². The van der Waals surface area contributed by atoms with Crippen LogP contribution in [0, 0.1) is 0 Å². The van der Waals surface area contributed by atoms with Crippen LogP contribution in [0.3, 0.4) is 0 Å². The fourth-order valence-corrected chi connectivity index (χ4v) is 1.06.